The Labute approximate surface area is 172 Å². The number of nitrogens with one attached hydrogen (secondary N) is 1. The molecule has 0 spiro atoms. The molecule has 2 aromatic rings. The van der Waals surface area contributed by atoms with Crippen molar-refractivity contribution in [2.24, 2.45) is 11.1 Å². The molecule has 1 amide bonds. The van der Waals surface area contributed by atoms with Gasteiger partial charge in [0.15, 0.2) is 11.5 Å². The minimum Gasteiger partial charge on any atom is -0.490 e. The molecule has 2 rings (SSSR count). The Hall–Kier alpha value is -2.58. The van der Waals surface area contributed by atoms with Crippen LogP contribution in [0, 0.1) is 5.92 Å². The van der Waals surface area contributed by atoms with E-state index in [0.717, 1.165) is 0 Å². The average Bonchev–Trinajstić information content (AvgIpc) is 2.66. The van der Waals surface area contributed by atoms with Crippen molar-refractivity contribution in [3.8, 4) is 11.5 Å². The summed E-state index contributed by atoms with van der Waals surface area (Å²) < 4.78 is 34.5. The Morgan fingerprint density at radius 2 is 1.79 bits per heavy atom. The van der Waals surface area contributed by atoms with E-state index in [1.54, 1.807) is 37.3 Å². The van der Waals surface area contributed by atoms with Crippen LogP contribution in [0.3, 0.4) is 0 Å². The second-order valence-electron chi connectivity index (χ2n) is 7.11. The van der Waals surface area contributed by atoms with E-state index in [1.165, 1.54) is 12.1 Å². The molecule has 158 valence electrons. The quantitative estimate of drug-likeness (QED) is 0.647. The van der Waals surface area contributed by atoms with Crippen molar-refractivity contribution in [1.29, 1.82) is 0 Å². The van der Waals surface area contributed by atoms with Gasteiger partial charge in [0.2, 0.25) is 10.0 Å². The molecule has 0 aliphatic rings. The van der Waals surface area contributed by atoms with Crippen LogP contribution < -0.4 is 19.9 Å². The third-order valence-electron chi connectivity index (χ3n) is 4.11. The van der Waals surface area contributed by atoms with Crippen LogP contribution >= 0.6 is 0 Å². The van der Waals surface area contributed by atoms with Gasteiger partial charge in [0.25, 0.3) is 5.91 Å². The molecule has 29 heavy (non-hydrogen) atoms. The molecule has 8 heteroatoms. The molecule has 3 N–H and O–H groups in total. The fourth-order valence-electron chi connectivity index (χ4n) is 2.62. The van der Waals surface area contributed by atoms with E-state index in [4.69, 9.17) is 14.6 Å². The zero-order valence-corrected chi connectivity index (χ0v) is 18.0. The van der Waals surface area contributed by atoms with E-state index < -0.39 is 16.1 Å². The number of benzene rings is 2. The van der Waals surface area contributed by atoms with Crippen molar-refractivity contribution >= 4 is 15.9 Å². The van der Waals surface area contributed by atoms with Gasteiger partial charge in [0.05, 0.1) is 24.2 Å². The number of carbonyl (C=O) groups is 1. The Bertz CT molecular complexity index is 957. The second-order valence-corrected chi connectivity index (χ2v) is 8.67. The van der Waals surface area contributed by atoms with Crippen LogP contribution in [0.25, 0.3) is 0 Å². The van der Waals surface area contributed by atoms with Gasteiger partial charge >= 0.3 is 0 Å². The van der Waals surface area contributed by atoms with Gasteiger partial charge in [-0.3, -0.25) is 4.79 Å². The van der Waals surface area contributed by atoms with Gasteiger partial charge < -0.3 is 14.8 Å². The lowest BCUT2D eigenvalue weighted by Crippen LogP contribution is -2.27. The minimum absolute atomic E-state index is 0.00128. The fourth-order valence-corrected chi connectivity index (χ4v) is 3.19. The summed E-state index contributed by atoms with van der Waals surface area (Å²) >= 11 is 0. The summed E-state index contributed by atoms with van der Waals surface area (Å²) in [7, 11) is -3.81. The normalized spacial score (nSPS) is 12.5. The Balaban J connectivity index is 2.18. The monoisotopic (exact) mass is 420 g/mol. The van der Waals surface area contributed by atoms with E-state index in [1.807, 2.05) is 6.92 Å². The van der Waals surface area contributed by atoms with Crippen LogP contribution in [0.5, 0.6) is 11.5 Å². The standard InChI is InChI=1S/C21H28N2O5S/c1-5-27-20-12-17(9-10-19(20)28-13-14(2)3)21(24)23-15(4)16-7-6-8-18(11-16)29(22,25)26/h6-12,14-15H,5,13H2,1-4H3,(H,23,24)(H2,22,25,26)/t15-/m0/s1. The number of amides is 1. The maximum Gasteiger partial charge on any atom is 0.251 e. The van der Waals surface area contributed by atoms with Gasteiger partial charge in [-0.15, -0.1) is 0 Å². The number of rotatable bonds is 9. The van der Waals surface area contributed by atoms with Gasteiger partial charge in [-0.05, 0) is 55.7 Å². The smallest absolute Gasteiger partial charge is 0.251 e. The van der Waals surface area contributed by atoms with Gasteiger partial charge in [0.1, 0.15) is 0 Å². The molecule has 0 saturated heterocycles. The van der Waals surface area contributed by atoms with Crippen molar-refractivity contribution in [3.63, 3.8) is 0 Å². The lowest BCUT2D eigenvalue weighted by Gasteiger charge is -2.17. The summed E-state index contributed by atoms with van der Waals surface area (Å²) in [5.74, 6) is 1.15. The fraction of sp³-hybridized carbons (Fsp3) is 0.381. The van der Waals surface area contributed by atoms with Crippen LogP contribution in [0.1, 0.15) is 49.7 Å². The zero-order valence-electron chi connectivity index (χ0n) is 17.1. The summed E-state index contributed by atoms with van der Waals surface area (Å²) in [6, 6.07) is 10.8. The molecule has 2 aromatic carbocycles. The van der Waals surface area contributed by atoms with Gasteiger partial charge in [-0.2, -0.15) is 0 Å². The molecule has 0 fully saturated rings. The predicted octanol–water partition coefficient (Wildman–Crippen LogP) is 3.26. The van der Waals surface area contributed by atoms with Crippen LogP contribution in [0.4, 0.5) is 0 Å². The molecule has 7 nitrogen and oxygen atoms in total. The highest BCUT2D eigenvalue weighted by Crippen LogP contribution is 2.29. The van der Waals surface area contributed by atoms with Gasteiger partial charge in [-0.25, -0.2) is 13.6 Å². The molecule has 0 heterocycles. The molecule has 0 bridgehead atoms. The van der Waals surface area contributed by atoms with Crippen LogP contribution in [0.15, 0.2) is 47.4 Å². The molecular formula is C21H28N2O5S. The first-order chi connectivity index (χ1) is 13.6. The zero-order chi connectivity index (χ0) is 21.6. The molecule has 1 atom stereocenters. The van der Waals surface area contributed by atoms with Crippen LogP contribution in [-0.4, -0.2) is 27.5 Å². The Morgan fingerprint density at radius 3 is 2.41 bits per heavy atom. The maximum atomic E-state index is 12.7. The first-order valence-electron chi connectivity index (χ1n) is 9.45. The number of hydrogen-bond acceptors (Lipinski definition) is 5. The summed E-state index contributed by atoms with van der Waals surface area (Å²) in [6.07, 6.45) is 0. The average molecular weight is 421 g/mol. The lowest BCUT2D eigenvalue weighted by molar-refractivity contribution is 0.0939. The number of carbonyl (C=O) groups excluding carboxylic acids is 1. The van der Waals surface area contributed by atoms with Crippen molar-refractivity contribution in [1.82, 2.24) is 5.32 Å². The van der Waals surface area contributed by atoms with E-state index >= 15 is 0 Å². The topological polar surface area (TPSA) is 108 Å². The first kappa shape index (κ1) is 22.7. The number of sulfonamides is 1. The minimum atomic E-state index is -3.81. The van der Waals surface area contributed by atoms with E-state index in [-0.39, 0.29) is 10.8 Å². The number of ether oxygens (including phenoxy) is 2. The highest BCUT2D eigenvalue weighted by molar-refractivity contribution is 7.89. The predicted molar refractivity (Wildman–Crippen MR) is 112 cm³/mol. The number of nitrogens with two attached hydrogens (primary N) is 1. The Morgan fingerprint density at radius 1 is 1.07 bits per heavy atom. The van der Waals surface area contributed by atoms with E-state index in [0.29, 0.717) is 41.8 Å². The SMILES string of the molecule is CCOc1cc(C(=O)N[C@@H](C)c2cccc(S(N)(=O)=O)c2)ccc1OCC(C)C. The molecule has 0 aliphatic heterocycles. The summed E-state index contributed by atoms with van der Waals surface area (Å²) in [4.78, 5) is 12.7. The van der Waals surface area contributed by atoms with E-state index in [2.05, 4.69) is 19.2 Å². The molecular weight excluding hydrogens is 392 g/mol. The van der Waals surface area contributed by atoms with Crippen molar-refractivity contribution in [2.75, 3.05) is 13.2 Å². The Kier molecular flexibility index (Phi) is 7.64. The second kappa shape index (κ2) is 9.76. The highest BCUT2D eigenvalue weighted by Gasteiger charge is 2.16. The van der Waals surface area contributed by atoms with Crippen LogP contribution in [-0.2, 0) is 10.0 Å². The number of hydrogen-bond donors (Lipinski definition) is 2. The van der Waals surface area contributed by atoms with Crippen LogP contribution in [0.2, 0.25) is 0 Å². The summed E-state index contributed by atoms with van der Waals surface area (Å²) in [5.41, 5.74) is 1.05. The van der Waals surface area contributed by atoms with E-state index in [9.17, 15) is 13.2 Å². The molecule has 0 aromatic heterocycles. The molecule has 0 aliphatic carbocycles. The summed E-state index contributed by atoms with van der Waals surface area (Å²) in [5, 5.41) is 8.04. The lowest BCUT2D eigenvalue weighted by atomic mass is 10.1. The molecule has 0 saturated carbocycles. The highest BCUT2D eigenvalue weighted by atomic mass is 32.2. The largest absolute Gasteiger partial charge is 0.490 e. The third kappa shape index (κ3) is 6.47. The van der Waals surface area contributed by atoms with Gasteiger partial charge in [-0.1, -0.05) is 26.0 Å². The van der Waals surface area contributed by atoms with Crippen molar-refractivity contribution in [2.45, 2.75) is 38.6 Å². The third-order valence-corrected chi connectivity index (χ3v) is 5.02. The van der Waals surface area contributed by atoms with Crippen molar-refractivity contribution in [3.05, 3.63) is 53.6 Å². The first-order valence-corrected chi connectivity index (χ1v) is 11.0. The number of primary sulfonamides is 1. The van der Waals surface area contributed by atoms with Crippen molar-refractivity contribution < 1.29 is 22.7 Å². The summed E-state index contributed by atoms with van der Waals surface area (Å²) in [6.45, 7) is 8.72. The maximum absolute atomic E-state index is 12.7. The molecule has 0 unspecified atom stereocenters. The van der Waals surface area contributed by atoms with Gasteiger partial charge in [0, 0.05) is 5.56 Å². The molecule has 0 radical (unpaired) electrons.